The van der Waals surface area contributed by atoms with Gasteiger partial charge in [0, 0.05) is 49.4 Å². The number of amides is 1. The van der Waals surface area contributed by atoms with Crippen molar-refractivity contribution in [2.24, 2.45) is 0 Å². The summed E-state index contributed by atoms with van der Waals surface area (Å²) >= 11 is 6.06. The van der Waals surface area contributed by atoms with Crippen LogP contribution < -0.4 is 10.2 Å². The Kier molecular flexibility index (Phi) is 13.5. The number of aromatic nitrogens is 2. The van der Waals surface area contributed by atoms with E-state index in [0.717, 1.165) is 16.9 Å². The summed E-state index contributed by atoms with van der Waals surface area (Å²) in [5, 5.41) is 18.3. The van der Waals surface area contributed by atoms with E-state index in [4.69, 9.17) is 31.4 Å². The van der Waals surface area contributed by atoms with Gasteiger partial charge in [0.25, 0.3) is 0 Å². The van der Waals surface area contributed by atoms with Crippen LogP contribution in [-0.2, 0) is 14.4 Å². The molecule has 4 rings (SSSR count). The summed E-state index contributed by atoms with van der Waals surface area (Å²) in [6.45, 7) is 9.31. The predicted molar refractivity (Wildman–Crippen MR) is 152 cm³/mol. The monoisotopic (exact) mass is 687 g/mol. The van der Waals surface area contributed by atoms with Crippen molar-refractivity contribution >= 4 is 35.3 Å². The van der Waals surface area contributed by atoms with Crippen LogP contribution in [0.5, 0.6) is 0 Å². The number of nitrogens with zero attached hydrogens (tertiary/aromatic N) is 4. The van der Waals surface area contributed by atoms with Crippen LogP contribution in [0.3, 0.4) is 0 Å². The molecule has 1 saturated heterocycles. The molecule has 0 unspecified atom stereocenters. The van der Waals surface area contributed by atoms with Gasteiger partial charge in [-0.15, -0.1) is 0 Å². The number of aliphatic carboxylic acids is 2. The number of carboxylic acid groups (broad SMARTS) is 2. The lowest BCUT2D eigenvalue weighted by molar-refractivity contribution is -0.193. The molecule has 1 fully saturated rings. The van der Waals surface area contributed by atoms with Gasteiger partial charge in [0.15, 0.2) is 0 Å². The zero-order chi connectivity index (χ0) is 35.0. The third-order valence-electron chi connectivity index (χ3n) is 6.92. The Morgan fingerprint density at radius 2 is 1.46 bits per heavy atom. The van der Waals surface area contributed by atoms with E-state index < -0.39 is 30.5 Å². The number of benzene rings is 1. The van der Waals surface area contributed by atoms with E-state index in [1.165, 1.54) is 6.33 Å². The van der Waals surface area contributed by atoms with Crippen LogP contribution in [0.2, 0.25) is 5.02 Å². The summed E-state index contributed by atoms with van der Waals surface area (Å²) in [4.78, 5) is 44.1. The maximum atomic E-state index is 14.3. The highest BCUT2D eigenvalue weighted by Crippen LogP contribution is 2.44. The second kappa shape index (κ2) is 16.2. The summed E-state index contributed by atoms with van der Waals surface area (Å²) in [6, 6.07) is 7.82. The van der Waals surface area contributed by atoms with E-state index >= 15 is 0 Å². The molecular formula is C28H33ClF7N5O5. The topological polar surface area (TPSA) is 136 Å². The molecule has 3 N–H and O–H groups in total. The number of alkyl halides is 7. The van der Waals surface area contributed by atoms with Crippen molar-refractivity contribution in [1.29, 1.82) is 0 Å². The average Bonchev–Trinajstić information content (AvgIpc) is 3.26. The molecule has 2 aliphatic rings. The number of carbonyl (C=O) groups is 3. The number of nitrogens with one attached hydrogen (secondary N) is 1. The molecule has 2 heterocycles. The molecule has 18 heteroatoms. The Morgan fingerprint density at radius 1 is 0.957 bits per heavy atom. The fourth-order valence-electron chi connectivity index (χ4n) is 4.67. The highest BCUT2D eigenvalue weighted by Gasteiger charge is 2.39. The van der Waals surface area contributed by atoms with Crippen molar-refractivity contribution in [3.63, 3.8) is 0 Å². The zero-order valence-corrected chi connectivity index (χ0v) is 25.6. The lowest BCUT2D eigenvalue weighted by atomic mass is 9.96. The summed E-state index contributed by atoms with van der Waals surface area (Å²) in [7, 11) is 0. The summed E-state index contributed by atoms with van der Waals surface area (Å²) in [5.74, 6) is -4.74. The van der Waals surface area contributed by atoms with E-state index in [0.29, 0.717) is 49.9 Å². The van der Waals surface area contributed by atoms with Crippen molar-refractivity contribution in [1.82, 2.24) is 20.2 Å². The number of hydrogen-bond donors (Lipinski definition) is 3. The number of carbonyl (C=O) groups excluding carboxylic acids is 1. The van der Waals surface area contributed by atoms with E-state index in [1.54, 1.807) is 0 Å². The second-order valence-corrected chi connectivity index (χ2v) is 11.1. The fraction of sp³-hybridized carbons (Fsp3) is 0.536. The van der Waals surface area contributed by atoms with Crippen molar-refractivity contribution in [3.05, 3.63) is 52.4 Å². The van der Waals surface area contributed by atoms with Crippen LogP contribution >= 0.6 is 11.6 Å². The van der Waals surface area contributed by atoms with E-state index in [9.17, 15) is 35.5 Å². The fourth-order valence-corrected chi connectivity index (χ4v) is 4.80. The molecule has 0 spiro atoms. The first kappa shape index (κ1) is 38.5. The first-order valence-corrected chi connectivity index (χ1v) is 14.2. The summed E-state index contributed by atoms with van der Waals surface area (Å²) in [5.41, 5.74) is 2.43. The van der Waals surface area contributed by atoms with Gasteiger partial charge in [0.2, 0.25) is 5.91 Å². The zero-order valence-electron chi connectivity index (χ0n) is 24.9. The van der Waals surface area contributed by atoms with Crippen molar-refractivity contribution in [3.8, 4) is 0 Å². The van der Waals surface area contributed by atoms with Gasteiger partial charge in [0.05, 0.1) is 11.6 Å². The Hall–Kier alpha value is -3.73. The molecule has 46 heavy (non-hydrogen) atoms. The minimum atomic E-state index is -5.08. The molecule has 1 aliphatic heterocycles. The smallest absolute Gasteiger partial charge is 0.475 e. The van der Waals surface area contributed by atoms with Gasteiger partial charge in [-0.05, 0) is 30.0 Å². The Balaban J connectivity index is 0.000000440. The number of halogens is 8. The number of piperazine rings is 1. The van der Waals surface area contributed by atoms with Gasteiger partial charge >= 0.3 is 24.3 Å². The largest absolute Gasteiger partial charge is 0.490 e. The second-order valence-electron chi connectivity index (χ2n) is 10.7. The van der Waals surface area contributed by atoms with Crippen molar-refractivity contribution in [2.45, 2.75) is 63.6 Å². The Labute approximate surface area is 264 Å². The van der Waals surface area contributed by atoms with Gasteiger partial charge in [0.1, 0.15) is 18.3 Å². The van der Waals surface area contributed by atoms with Gasteiger partial charge < -0.3 is 25.3 Å². The van der Waals surface area contributed by atoms with Crippen LogP contribution in [0.4, 0.5) is 36.6 Å². The predicted octanol–water partition coefficient (Wildman–Crippen LogP) is 5.34. The number of rotatable bonds is 6. The Bertz CT molecular complexity index is 1310. The van der Waals surface area contributed by atoms with E-state index in [-0.39, 0.29) is 23.8 Å². The number of hydrogen-bond acceptors (Lipinski definition) is 7. The van der Waals surface area contributed by atoms with Crippen molar-refractivity contribution in [2.75, 3.05) is 37.6 Å². The first-order chi connectivity index (χ1) is 21.2. The molecule has 256 valence electrons. The summed E-state index contributed by atoms with van der Waals surface area (Å²) < 4.78 is 77.8. The first-order valence-electron chi connectivity index (χ1n) is 13.9. The molecule has 2 aromatic rings. The molecule has 1 aliphatic carbocycles. The van der Waals surface area contributed by atoms with E-state index in [2.05, 4.69) is 34.0 Å². The highest BCUT2D eigenvalue weighted by molar-refractivity contribution is 6.30. The van der Waals surface area contributed by atoms with Crippen LogP contribution in [0.15, 0.2) is 30.6 Å². The maximum Gasteiger partial charge on any atom is 0.490 e. The Morgan fingerprint density at radius 3 is 1.91 bits per heavy atom. The SMILES string of the molecule is CC(C)NC[C@@H](C(=O)N1CCN(c2ncnc3c2[C@H](C)C[C@H]3F)CC1)c1ccc(Cl)cc1.O=C(O)C(F)(F)F.O=C(O)C(F)(F)F. The molecule has 1 aromatic carbocycles. The average molecular weight is 688 g/mol. The van der Waals surface area contributed by atoms with E-state index in [1.807, 2.05) is 36.1 Å². The van der Waals surface area contributed by atoms with Gasteiger partial charge in [-0.3, -0.25) is 4.79 Å². The minimum Gasteiger partial charge on any atom is -0.475 e. The van der Waals surface area contributed by atoms with Gasteiger partial charge in [-0.2, -0.15) is 26.3 Å². The van der Waals surface area contributed by atoms with Crippen LogP contribution in [0.25, 0.3) is 0 Å². The molecular weight excluding hydrogens is 655 g/mol. The number of carboxylic acids is 2. The molecule has 1 aromatic heterocycles. The number of fused-ring (bicyclic) bond motifs is 1. The molecule has 3 atom stereocenters. The standard InChI is InChI=1S/C24H31ClFN5O.2C2HF3O2/c1-15(2)27-13-19(17-4-6-18(25)7-5-17)24(32)31-10-8-30(9-11-31)23-21-16(3)12-20(26)22(21)28-14-29-23;2*3-2(4,5)1(6)7/h4-7,14-16,19-20,27H,8-13H2,1-3H3;2*(H,6,7)/t16-,19-,20-;;/m1../s1. The maximum absolute atomic E-state index is 14.3. The highest BCUT2D eigenvalue weighted by atomic mass is 35.5. The third kappa shape index (κ3) is 11.0. The lowest BCUT2D eigenvalue weighted by Crippen LogP contribution is -2.51. The normalized spacial score (nSPS) is 18.5. The molecule has 0 saturated carbocycles. The van der Waals surface area contributed by atoms with Gasteiger partial charge in [-0.1, -0.05) is 44.5 Å². The van der Waals surface area contributed by atoms with Crippen LogP contribution in [0.1, 0.15) is 62.0 Å². The van der Waals surface area contributed by atoms with Crippen molar-refractivity contribution < 1.29 is 55.3 Å². The summed E-state index contributed by atoms with van der Waals surface area (Å²) in [6.07, 6.45) is -9.26. The number of anilines is 1. The van der Waals surface area contributed by atoms with Crippen LogP contribution in [-0.4, -0.2) is 94.0 Å². The third-order valence-corrected chi connectivity index (χ3v) is 7.17. The molecule has 1 amide bonds. The molecule has 0 bridgehead atoms. The molecule has 10 nitrogen and oxygen atoms in total. The van der Waals surface area contributed by atoms with Gasteiger partial charge in [-0.25, -0.2) is 23.9 Å². The quantitative estimate of drug-likeness (QED) is 0.344. The molecule has 0 radical (unpaired) electrons. The van der Waals surface area contributed by atoms with Crippen LogP contribution in [0, 0.1) is 0 Å². The minimum absolute atomic E-state index is 0.104. The lowest BCUT2D eigenvalue weighted by Gasteiger charge is -2.38.